The number of nitriles is 1. The lowest BCUT2D eigenvalue weighted by Gasteiger charge is -2.38. The Morgan fingerprint density at radius 3 is 2.91 bits per heavy atom. The van der Waals surface area contributed by atoms with Gasteiger partial charge in [0.1, 0.15) is 10.7 Å². The van der Waals surface area contributed by atoms with Gasteiger partial charge in [-0.1, -0.05) is 6.07 Å². The third-order valence-corrected chi connectivity index (χ3v) is 5.20. The smallest absolute Gasteiger partial charge is 0.268 e. The van der Waals surface area contributed by atoms with Gasteiger partial charge in [0, 0.05) is 17.5 Å². The molecule has 22 heavy (non-hydrogen) atoms. The van der Waals surface area contributed by atoms with Gasteiger partial charge in [0.15, 0.2) is 0 Å². The molecule has 1 aromatic rings. The Labute approximate surface area is 134 Å². The molecule has 1 saturated carbocycles. The lowest BCUT2D eigenvalue weighted by Crippen LogP contribution is -2.45. The zero-order chi connectivity index (χ0) is 15.5. The SMILES string of the molecule is CC1=C(C(=O)N(c2cccc(C#N)c2)C2CCC2)SCCO1. The van der Waals surface area contributed by atoms with Crippen molar-refractivity contribution in [1.29, 1.82) is 5.26 Å². The van der Waals surface area contributed by atoms with Crippen LogP contribution in [0.25, 0.3) is 0 Å². The Hall–Kier alpha value is -1.93. The quantitative estimate of drug-likeness (QED) is 0.857. The number of hydrogen-bond donors (Lipinski definition) is 0. The summed E-state index contributed by atoms with van der Waals surface area (Å²) >= 11 is 1.56. The maximum atomic E-state index is 13.0. The second kappa shape index (κ2) is 6.45. The third-order valence-electron chi connectivity index (χ3n) is 4.07. The average Bonchev–Trinajstić information content (AvgIpc) is 2.50. The number of hydrogen-bond acceptors (Lipinski definition) is 4. The van der Waals surface area contributed by atoms with E-state index < -0.39 is 0 Å². The Kier molecular flexibility index (Phi) is 4.39. The molecule has 0 bridgehead atoms. The molecule has 0 aromatic heterocycles. The van der Waals surface area contributed by atoms with Crippen molar-refractivity contribution in [3.05, 3.63) is 40.5 Å². The maximum Gasteiger partial charge on any atom is 0.268 e. The zero-order valence-corrected chi connectivity index (χ0v) is 13.4. The molecule has 0 spiro atoms. The van der Waals surface area contributed by atoms with E-state index in [0.29, 0.717) is 22.8 Å². The van der Waals surface area contributed by atoms with Crippen LogP contribution in [0, 0.1) is 11.3 Å². The van der Waals surface area contributed by atoms with E-state index in [1.807, 2.05) is 24.0 Å². The van der Waals surface area contributed by atoms with Gasteiger partial charge in [0.25, 0.3) is 5.91 Å². The molecule has 5 heteroatoms. The van der Waals surface area contributed by atoms with E-state index in [2.05, 4.69) is 6.07 Å². The molecule has 3 rings (SSSR count). The van der Waals surface area contributed by atoms with E-state index in [-0.39, 0.29) is 11.9 Å². The number of nitrogens with zero attached hydrogens (tertiary/aromatic N) is 2. The van der Waals surface area contributed by atoms with Crippen LogP contribution in [-0.4, -0.2) is 24.3 Å². The number of rotatable bonds is 3. The highest BCUT2D eigenvalue weighted by molar-refractivity contribution is 8.04. The lowest BCUT2D eigenvalue weighted by molar-refractivity contribution is -0.115. The standard InChI is InChI=1S/C17H18N2O2S/c1-12-16(22-9-8-21-12)17(20)19(14-5-3-6-14)15-7-2-4-13(10-15)11-18/h2,4,7,10,14H,3,5-6,8-9H2,1H3. The van der Waals surface area contributed by atoms with Gasteiger partial charge >= 0.3 is 0 Å². The topological polar surface area (TPSA) is 53.3 Å². The molecule has 2 aliphatic rings. The van der Waals surface area contributed by atoms with E-state index in [0.717, 1.165) is 30.7 Å². The van der Waals surface area contributed by atoms with Gasteiger partial charge < -0.3 is 9.64 Å². The highest BCUT2D eigenvalue weighted by Crippen LogP contribution is 2.35. The summed E-state index contributed by atoms with van der Waals surface area (Å²) in [6.07, 6.45) is 3.18. The number of carbonyl (C=O) groups is 1. The largest absolute Gasteiger partial charge is 0.496 e. The number of thioether (sulfide) groups is 1. The first-order valence-electron chi connectivity index (χ1n) is 7.51. The molecular formula is C17H18N2O2S. The molecule has 0 radical (unpaired) electrons. The summed E-state index contributed by atoms with van der Waals surface area (Å²) in [6.45, 7) is 2.50. The summed E-state index contributed by atoms with van der Waals surface area (Å²) < 4.78 is 5.53. The summed E-state index contributed by atoms with van der Waals surface area (Å²) in [7, 11) is 0. The fraction of sp³-hybridized carbons (Fsp3) is 0.412. The second-order valence-corrected chi connectivity index (χ2v) is 6.61. The Morgan fingerprint density at radius 2 is 2.27 bits per heavy atom. The molecule has 0 unspecified atom stereocenters. The summed E-state index contributed by atoms with van der Waals surface area (Å²) in [5.41, 5.74) is 1.38. The minimum Gasteiger partial charge on any atom is -0.496 e. The Bertz CT molecular complexity index is 659. The molecule has 1 amide bonds. The number of carbonyl (C=O) groups excluding carboxylic acids is 1. The van der Waals surface area contributed by atoms with Gasteiger partial charge in [-0.25, -0.2) is 0 Å². The van der Waals surface area contributed by atoms with Crippen LogP contribution in [0.4, 0.5) is 5.69 Å². The van der Waals surface area contributed by atoms with Crippen LogP contribution >= 0.6 is 11.8 Å². The molecule has 114 valence electrons. The predicted molar refractivity (Wildman–Crippen MR) is 87.4 cm³/mol. The van der Waals surface area contributed by atoms with Crippen molar-refractivity contribution in [1.82, 2.24) is 0 Å². The van der Waals surface area contributed by atoms with Gasteiger partial charge in [0.05, 0.1) is 18.2 Å². The normalized spacial score (nSPS) is 18.2. The molecule has 4 nitrogen and oxygen atoms in total. The van der Waals surface area contributed by atoms with Crippen LogP contribution in [0.5, 0.6) is 0 Å². The van der Waals surface area contributed by atoms with Crippen molar-refractivity contribution in [2.75, 3.05) is 17.3 Å². The van der Waals surface area contributed by atoms with Crippen molar-refractivity contribution in [2.45, 2.75) is 32.2 Å². The van der Waals surface area contributed by atoms with E-state index in [4.69, 9.17) is 10.00 Å². The van der Waals surface area contributed by atoms with Gasteiger partial charge in [-0.2, -0.15) is 5.26 Å². The molecular weight excluding hydrogens is 296 g/mol. The van der Waals surface area contributed by atoms with Crippen molar-refractivity contribution in [2.24, 2.45) is 0 Å². The van der Waals surface area contributed by atoms with Crippen LogP contribution in [0.2, 0.25) is 0 Å². The van der Waals surface area contributed by atoms with E-state index in [9.17, 15) is 4.79 Å². The summed E-state index contributed by atoms with van der Waals surface area (Å²) in [5.74, 6) is 1.51. The van der Waals surface area contributed by atoms with Gasteiger partial charge in [-0.15, -0.1) is 11.8 Å². The minimum atomic E-state index is 0.00184. The molecule has 0 saturated heterocycles. The zero-order valence-electron chi connectivity index (χ0n) is 12.5. The van der Waals surface area contributed by atoms with Gasteiger partial charge in [0.2, 0.25) is 0 Å². The summed E-state index contributed by atoms with van der Waals surface area (Å²) in [4.78, 5) is 15.6. The van der Waals surface area contributed by atoms with Crippen LogP contribution in [0.3, 0.4) is 0 Å². The number of allylic oxidation sites excluding steroid dienone is 1. The van der Waals surface area contributed by atoms with E-state index in [1.165, 1.54) is 0 Å². The Morgan fingerprint density at radius 1 is 1.45 bits per heavy atom. The molecule has 1 aliphatic heterocycles. The van der Waals surface area contributed by atoms with Crippen LogP contribution in [-0.2, 0) is 9.53 Å². The minimum absolute atomic E-state index is 0.00184. The first-order chi connectivity index (χ1) is 10.7. The van der Waals surface area contributed by atoms with Crippen LogP contribution < -0.4 is 4.90 Å². The molecule has 1 aliphatic carbocycles. The van der Waals surface area contributed by atoms with E-state index in [1.54, 1.807) is 23.9 Å². The number of anilines is 1. The van der Waals surface area contributed by atoms with Crippen molar-refractivity contribution >= 4 is 23.4 Å². The molecule has 1 aromatic carbocycles. The van der Waals surface area contributed by atoms with E-state index >= 15 is 0 Å². The van der Waals surface area contributed by atoms with Crippen LogP contribution in [0.1, 0.15) is 31.7 Å². The van der Waals surface area contributed by atoms with Crippen molar-refractivity contribution < 1.29 is 9.53 Å². The summed E-state index contributed by atoms with van der Waals surface area (Å²) in [5, 5.41) is 9.10. The summed E-state index contributed by atoms with van der Waals surface area (Å²) in [6, 6.07) is 9.66. The van der Waals surface area contributed by atoms with Gasteiger partial charge in [-0.3, -0.25) is 4.79 Å². The van der Waals surface area contributed by atoms with Crippen LogP contribution in [0.15, 0.2) is 34.9 Å². The molecule has 1 heterocycles. The highest BCUT2D eigenvalue weighted by atomic mass is 32.2. The Balaban J connectivity index is 1.96. The first kappa shape index (κ1) is 15.0. The van der Waals surface area contributed by atoms with Gasteiger partial charge in [-0.05, 0) is 44.4 Å². The monoisotopic (exact) mass is 314 g/mol. The fourth-order valence-electron chi connectivity index (χ4n) is 2.69. The average molecular weight is 314 g/mol. The number of benzene rings is 1. The molecule has 0 atom stereocenters. The van der Waals surface area contributed by atoms with Crippen molar-refractivity contribution in [3.8, 4) is 6.07 Å². The highest BCUT2D eigenvalue weighted by Gasteiger charge is 2.33. The second-order valence-electron chi connectivity index (χ2n) is 5.50. The molecule has 0 N–H and O–H groups in total. The lowest BCUT2D eigenvalue weighted by atomic mass is 9.90. The third kappa shape index (κ3) is 2.84. The number of ether oxygens (including phenoxy) is 1. The maximum absolute atomic E-state index is 13.0. The number of amides is 1. The fourth-order valence-corrected chi connectivity index (χ4v) is 3.55. The van der Waals surface area contributed by atoms with Crippen molar-refractivity contribution in [3.63, 3.8) is 0 Å². The predicted octanol–water partition coefficient (Wildman–Crippen LogP) is 3.44. The first-order valence-corrected chi connectivity index (χ1v) is 8.49. The molecule has 1 fully saturated rings.